The molecule has 122 valence electrons. The van der Waals surface area contributed by atoms with Crippen molar-refractivity contribution in [3.8, 4) is 0 Å². The molecule has 3 rings (SSSR count). The number of nitrogens with zero attached hydrogens (tertiary/aromatic N) is 2. The zero-order chi connectivity index (χ0) is 15.6. The summed E-state index contributed by atoms with van der Waals surface area (Å²) in [4.78, 5) is 18.9. The summed E-state index contributed by atoms with van der Waals surface area (Å²) in [5.74, 6) is 0. The average Bonchev–Trinajstić information content (AvgIpc) is 2.99. The van der Waals surface area contributed by atoms with E-state index in [9.17, 15) is 9.00 Å². The van der Waals surface area contributed by atoms with E-state index in [1.54, 1.807) is 23.8 Å². The topological polar surface area (TPSA) is 62.3 Å². The number of nitrogens with one attached hydrogen (secondary N) is 1. The Bertz CT molecular complexity index is 543. The van der Waals surface area contributed by atoms with Crippen molar-refractivity contribution in [1.82, 2.24) is 15.2 Å². The first kappa shape index (κ1) is 15.9. The van der Waals surface area contributed by atoms with E-state index in [2.05, 4.69) is 10.3 Å². The zero-order valence-electron chi connectivity index (χ0n) is 12.9. The lowest BCUT2D eigenvalue weighted by atomic mass is 9.84. The molecule has 1 aromatic rings. The number of carbonyl (C=O) groups is 1. The minimum Gasteiger partial charge on any atom is -0.336 e. The summed E-state index contributed by atoms with van der Waals surface area (Å²) in [7, 11) is -0.885. The van der Waals surface area contributed by atoms with E-state index in [1.807, 2.05) is 10.3 Å². The SMILES string of the molecule is CS(=O)C1(CNC(=O)N2CCCCC2c2nccs2)CCC1. The molecule has 2 amide bonds. The second-order valence-corrected chi connectivity index (χ2v) is 8.93. The van der Waals surface area contributed by atoms with Crippen molar-refractivity contribution in [2.24, 2.45) is 0 Å². The third kappa shape index (κ3) is 3.06. The monoisotopic (exact) mass is 341 g/mol. The molecule has 7 heteroatoms. The van der Waals surface area contributed by atoms with Crippen LogP contribution in [0, 0.1) is 0 Å². The first-order chi connectivity index (χ1) is 10.6. The lowest BCUT2D eigenvalue weighted by Gasteiger charge is -2.41. The summed E-state index contributed by atoms with van der Waals surface area (Å²) in [5, 5.41) is 6.02. The molecule has 2 unspecified atom stereocenters. The predicted octanol–water partition coefficient (Wildman–Crippen LogP) is 2.68. The molecular formula is C15H23N3O2S2. The van der Waals surface area contributed by atoms with Gasteiger partial charge >= 0.3 is 6.03 Å². The number of carbonyl (C=O) groups excluding carboxylic acids is 1. The molecule has 2 heterocycles. The molecule has 0 radical (unpaired) electrons. The number of amides is 2. The Morgan fingerprint density at radius 3 is 2.91 bits per heavy atom. The number of urea groups is 1. The number of piperidine rings is 1. The van der Waals surface area contributed by atoms with Crippen LogP contribution in [0.25, 0.3) is 0 Å². The van der Waals surface area contributed by atoms with Crippen LogP contribution >= 0.6 is 11.3 Å². The van der Waals surface area contributed by atoms with E-state index in [-0.39, 0.29) is 16.8 Å². The lowest BCUT2D eigenvalue weighted by molar-refractivity contribution is 0.149. The van der Waals surface area contributed by atoms with Crippen LogP contribution in [0.3, 0.4) is 0 Å². The van der Waals surface area contributed by atoms with Gasteiger partial charge in [-0.25, -0.2) is 9.78 Å². The summed E-state index contributed by atoms with van der Waals surface area (Å²) >= 11 is 1.61. The quantitative estimate of drug-likeness (QED) is 0.916. The Morgan fingerprint density at radius 2 is 2.32 bits per heavy atom. The minimum absolute atomic E-state index is 0.0309. The van der Waals surface area contributed by atoms with Crippen LogP contribution in [0.15, 0.2) is 11.6 Å². The number of hydrogen-bond acceptors (Lipinski definition) is 4. The number of aromatic nitrogens is 1. The normalized spacial score (nSPS) is 25.3. The first-order valence-corrected chi connectivity index (χ1v) is 10.3. The van der Waals surface area contributed by atoms with Gasteiger partial charge in [0.25, 0.3) is 0 Å². The maximum Gasteiger partial charge on any atom is 0.318 e. The van der Waals surface area contributed by atoms with Gasteiger partial charge in [0.05, 0.1) is 10.8 Å². The number of rotatable bonds is 4. The average molecular weight is 342 g/mol. The molecule has 1 N–H and O–H groups in total. The van der Waals surface area contributed by atoms with E-state index in [0.29, 0.717) is 6.54 Å². The van der Waals surface area contributed by atoms with Gasteiger partial charge in [-0.05, 0) is 32.1 Å². The van der Waals surface area contributed by atoms with Crippen molar-refractivity contribution in [3.63, 3.8) is 0 Å². The van der Waals surface area contributed by atoms with Gasteiger partial charge in [0.15, 0.2) is 0 Å². The van der Waals surface area contributed by atoms with Crippen molar-refractivity contribution < 1.29 is 9.00 Å². The summed E-state index contributed by atoms with van der Waals surface area (Å²) in [6, 6.07) is 0.0647. The van der Waals surface area contributed by atoms with Crippen LogP contribution < -0.4 is 5.32 Å². The van der Waals surface area contributed by atoms with E-state index in [4.69, 9.17) is 0 Å². The second kappa shape index (κ2) is 6.66. The number of hydrogen-bond donors (Lipinski definition) is 1. The van der Waals surface area contributed by atoms with Gasteiger partial charge in [0.1, 0.15) is 5.01 Å². The maximum absolute atomic E-state index is 12.6. The molecule has 1 aliphatic heterocycles. The Hall–Kier alpha value is -0.950. The van der Waals surface area contributed by atoms with Gasteiger partial charge < -0.3 is 10.2 Å². The highest BCUT2D eigenvalue weighted by Gasteiger charge is 2.41. The van der Waals surface area contributed by atoms with Crippen molar-refractivity contribution in [2.75, 3.05) is 19.3 Å². The number of thiazole rings is 1. The fourth-order valence-corrected chi connectivity index (χ4v) is 5.23. The van der Waals surface area contributed by atoms with Crippen LogP contribution in [0.2, 0.25) is 0 Å². The highest BCUT2D eigenvalue weighted by Crippen LogP contribution is 2.37. The molecule has 0 bridgehead atoms. The third-order valence-corrected chi connectivity index (χ3v) is 7.59. The molecule has 1 aromatic heterocycles. The second-order valence-electron chi connectivity index (χ2n) is 6.22. The van der Waals surface area contributed by atoms with Crippen molar-refractivity contribution >= 4 is 28.2 Å². The molecule has 1 saturated heterocycles. The van der Waals surface area contributed by atoms with Crippen LogP contribution in [0.4, 0.5) is 4.79 Å². The van der Waals surface area contributed by atoms with Gasteiger partial charge in [-0.15, -0.1) is 11.3 Å². The standard InChI is InChI=1S/C15H23N3O2S2/c1-22(20)15(6-4-7-15)11-17-14(19)18-9-3-2-5-12(18)13-16-8-10-21-13/h8,10,12H,2-7,9,11H2,1H3,(H,17,19). The van der Waals surface area contributed by atoms with Crippen molar-refractivity contribution in [2.45, 2.75) is 49.3 Å². The Labute approximate surface area is 138 Å². The summed E-state index contributed by atoms with van der Waals surface area (Å²) in [6.07, 6.45) is 9.72. The molecule has 2 aliphatic rings. The van der Waals surface area contributed by atoms with Gasteiger partial charge in [-0.3, -0.25) is 4.21 Å². The summed E-state index contributed by atoms with van der Waals surface area (Å²) in [6.45, 7) is 1.30. The highest BCUT2D eigenvalue weighted by atomic mass is 32.2. The third-order valence-electron chi connectivity index (χ3n) is 4.94. The molecule has 5 nitrogen and oxygen atoms in total. The van der Waals surface area contributed by atoms with Crippen molar-refractivity contribution in [3.05, 3.63) is 16.6 Å². The Balaban J connectivity index is 1.64. The van der Waals surface area contributed by atoms with Crippen LogP contribution in [-0.4, -0.2) is 44.2 Å². The zero-order valence-corrected chi connectivity index (χ0v) is 14.5. The molecule has 0 aromatic carbocycles. The smallest absolute Gasteiger partial charge is 0.318 e. The first-order valence-electron chi connectivity index (χ1n) is 7.90. The molecular weight excluding hydrogens is 318 g/mol. The van der Waals surface area contributed by atoms with Crippen LogP contribution in [-0.2, 0) is 10.8 Å². The molecule has 0 spiro atoms. The summed E-state index contributed by atoms with van der Waals surface area (Å²) in [5.41, 5.74) is 0. The lowest BCUT2D eigenvalue weighted by Crippen LogP contribution is -2.54. The van der Waals surface area contributed by atoms with Gasteiger partial charge in [-0.1, -0.05) is 6.42 Å². The molecule has 1 aliphatic carbocycles. The van der Waals surface area contributed by atoms with E-state index in [0.717, 1.165) is 50.1 Å². The fourth-order valence-electron chi connectivity index (χ4n) is 3.31. The van der Waals surface area contributed by atoms with Crippen LogP contribution in [0.1, 0.15) is 49.6 Å². The maximum atomic E-state index is 12.6. The van der Waals surface area contributed by atoms with Gasteiger partial charge in [0.2, 0.25) is 0 Å². The largest absolute Gasteiger partial charge is 0.336 e. The molecule has 2 fully saturated rings. The van der Waals surface area contributed by atoms with Gasteiger partial charge in [0, 0.05) is 41.7 Å². The number of likely N-dealkylation sites (tertiary alicyclic amines) is 1. The Kier molecular flexibility index (Phi) is 4.82. The minimum atomic E-state index is -0.885. The molecule has 2 atom stereocenters. The molecule has 22 heavy (non-hydrogen) atoms. The summed E-state index contributed by atoms with van der Waals surface area (Å²) < 4.78 is 11.7. The van der Waals surface area contributed by atoms with E-state index in [1.165, 1.54) is 0 Å². The predicted molar refractivity (Wildman–Crippen MR) is 89.5 cm³/mol. The van der Waals surface area contributed by atoms with Gasteiger partial charge in [-0.2, -0.15) is 0 Å². The fraction of sp³-hybridized carbons (Fsp3) is 0.733. The highest BCUT2D eigenvalue weighted by molar-refractivity contribution is 7.85. The van der Waals surface area contributed by atoms with Crippen molar-refractivity contribution in [1.29, 1.82) is 0 Å². The molecule has 1 saturated carbocycles. The van der Waals surface area contributed by atoms with E-state index < -0.39 is 10.8 Å². The van der Waals surface area contributed by atoms with E-state index >= 15 is 0 Å². The Morgan fingerprint density at radius 1 is 1.50 bits per heavy atom. The van der Waals surface area contributed by atoms with Crippen LogP contribution in [0.5, 0.6) is 0 Å².